The van der Waals surface area contributed by atoms with Gasteiger partial charge in [-0.2, -0.15) is 0 Å². The lowest BCUT2D eigenvalue weighted by molar-refractivity contribution is -0.151. The van der Waals surface area contributed by atoms with E-state index in [-0.39, 0.29) is 25.4 Å². The van der Waals surface area contributed by atoms with E-state index in [1.807, 2.05) is 30.3 Å². The highest BCUT2D eigenvalue weighted by Gasteiger charge is 2.18. The molecule has 0 saturated heterocycles. The minimum Gasteiger partial charge on any atom is -0.468 e. The Bertz CT molecular complexity index is 383. The number of hydrogen-bond acceptors (Lipinski definition) is 5. The van der Waals surface area contributed by atoms with Gasteiger partial charge >= 0.3 is 11.9 Å². The predicted molar refractivity (Wildman–Crippen MR) is 68.1 cm³/mol. The van der Waals surface area contributed by atoms with E-state index < -0.39 is 18.0 Å². The van der Waals surface area contributed by atoms with E-state index in [0.717, 1.165) is 5.56 Å². The first kappa shape index (κ1) is 16.4. The number of hydrogen-bond donors (Lipinski definition) is 1. The fourth-order valence-corrected chi connectivity index (χ4v) is 1.21. The monoisotopic (exact) mass is 273 g/mol. The van der Waals surface area contributed by atoms with E-state index in [1.54, 1.807) is 0 Å². The molecule has 0 unspecified atom stereocenters. The second-order valence-corrected chi connectivity index (χ2v) is 3.48. The van der Waals surface area contributed by atoms with Crippen LogP contribution in [0.2, 0.25) is 0 Å². The third kappa shape index (κ3) is 5.65. The number of benzene rings is 1. The van der Waals surface area contributed by atoms with Crippen molar-refractivity contribution < 1.29 is 19.1 Å². The normalized spacial score (nSPS) is 11.0. The van der Waals surface area contributed by atoms with Crippen LogP contribution in [0.25, 0.3) is 0 Å². The second kappa shape index (κ2) is 8.49. The molecule has 0 spiro atoms. The molecule has 18 heavy (non-hydrogen) atoms. The zero-order chi connectivity index (χ0) is 12.7. The van der Waals surface area contributed by atoms with E-state index in [2.05, 4.69) is 4.74 Å². The van der Waals surface area contributed by atoms with Crippen LogP contribution in [0.4, 0.5) is 0 Å². The van der Waals surface area contributed by atoms with E-state index in [1.165, 1.54) is 7.11 Å². The van der Waals surface area contributed by atoms with Gasteiger partial charge in [-0.3, -0.25) is 9.59 Å². The molecule has 0 bridgehead atoms. The Hall–Kier alpha value is -1.59. The second-order valence-electron chi connectivity index (χ2n) is 3.48. The van der Waals surface area contributed by atoms with Crippen LogP contribution in [-0.2, 0) is 25.7 Å². The lowest BCUT2D eigenvalue weighted by Crippen LogP contribution is -2.34. The minimum absolute atomic E-state index is 0. The molecule has 0 aromatic heterocycles. The number of carbonyl (C=O) groups is 2. The highest BCUT2D eigenvalue weighted by atomic mass is 35.5. The topological polar surface area (TPSA) is 78.6 Å². The molecule has 6 heteroatoms. The van der Waals surface area contributed by atoms with E-state index >= 15 is 0 Å². The number of rotatable bonds is 5. The van der Waals surface area contributed by atoms with Crippen LogP contribution in [0.3, 0.4) is 0 Å². The average Bonchev–Trinajstić information content (AvgIpc) is 2.36. The average molecular weight is 274 g/mol. The van der Waals surface area contributed by atoms with Gasteiger partial charge < -0.3 is 15.2 Å². The van der Waals surface area contributed by atoms with Crippen LogP contribution in [0.1, 0.15) is 12.0 Å². The van der Waals surface area contributed by atoms with Gasteiger partial charge in [0.05, 0.1) is 13.5 Å². The summed E-state index contributed by atoms with van der Waals surface area (Å²) in [5, 5.41) is 0. The molecule has 0 heterocycles. The van der Waals surface area contributed by atoms with Crippen molar-refractivity contribution in [3.8, 4) is 0 Å². The Morgan fingerprint density at radius 1 is 1.28 bits per heavy atom. The molecule has 0 amide bonds. The Kier molecular flexibility index (Phi) is 7.74. The highest BCUT2D eigenvalue weighted by molar-refractivity contribution is 5.85. The summed E-state index contributed by atoms with van der Waals surface area (Å²) in [4.78, 5) is 22.3. The van der Waals surface area contributed by atoms with Gasteiger partial charge in [0.2, 0.25) is 0 Å². The molecule has 0 saturated carbocycles. The summed E-state index contributed by atoms with van der Waals surface area (Å²) in [5.74, 6) is -1.14. The van der Waals surface area contributed by atoms with Crippen LogP contribution in [-0.4, -0.2) is 25.1 Å². The number of esters is 2. The van der Waals surface area contributed by atoms with Crippen LogP contribution in [0.5, 0.6) is 0 Å². The first-order valence-corrected chi connectivity index (χ1v) is 5.16. The van der Waals surface area contributed by atoms with Crippen molar-refractivity contribution in [2.24, 2.45) is 5.73 Å². The maximum Gasteiger partial charge on any atom is 0.323 e. The number of methoxy groups -OCH3 is 1. The van der Waals surface area contributed by atoms with Crippen molar-refractivity contribution >= 4 is 24.3 Å². The van der Waals surface area contributed by atoms with Crippen LogP contribution >= 0.6 is 12.4 Å². The summed E-state index contributed by atoms with van der Waals surface area (Å²) < 4.78 is 9.37. The van der Waals surface area contributed by atoms with Gasteiger partial charge in [0.25, 0.3) is 0 Å². The molecule has 1 atom stereocenters. The van der Waals surface area contributed by atoms with Gasteiger partial charge in [0.1, 0.15) is 12.6 Å². The van der Waals surface area contributed by atoms with Crippen LogP contribution in [0.15, 0.2) is 30.3 Å². The van der Waals surface area contributed by atoms with E-state index in [0.29, 0.717) is 0 Å². The molecule has 1 rings (SSSR count). The summed E-state index contributed by atoms with van der Waals surface area (Å²) in [5.41, 5.74) is 6.30. The smallest absolute Gasteiger partial charge is 0.323 e. The molecule has 0 radical (unpaired) electrons. The Morgan fingerprint density at radius 2 is 1.89 bits per heavy atom. The predicted octanol–water partition coefficient (Wildman–Crippen LogP) is 1.04. The lowest BCUT2D eigenvalue weighted by Gasteiger charge is -2.09. The van der Waals surface area contributed by atoms with Crippen molar-refractivity contribution in [3.05, 3.63) is 35.9 Å². The highest BCUT2D eigenvalue weighted by Crippen LogP contribution is 2.02. The third-order valence-electron chi connectivity index (χ3n) is 2.13. The molecule has 100 valence electrons. The largest absolute Gasteiger partial charge is 0.468 e. The molecule has 1 aromatic carbocycles. The number of halogens is 1. The fourth-order valence-electron chi connectivity index (χ4n) is 1.21. The summed E-state index contributed by atoms with van der Waals surface area (Å²) in [6, 6.07) is 8.29. The molecule has 2 N–H and O–H groups in total. The number of carbonyl (C=O) groups excluding carboxylic acids is 2. The van der Waals surface area contributed by atoms with Gasteiger partial charge in [-0.05, 0) is 5.56 Å². The third-order valence-corrected chi connectivity index (χ3v) is 2.13. The van der Waals surface area contributed by atoms with Crippen molar-refractivity contribution in [1.82, 2.24) is 0 Å². The maximum absolute atomic E-state index is 11.3. The Labute approximate surface area is 112 Å². The van der Waals surface area contributed by atoms with Gasteiger partial charge in [0, 0.05) is 0 Å². The zero-order valence-corrected chi connectivity index (χ0v) is 10.8. The van der Waals surface area contributed by atoms with Gasteiger partial charge in [0.15, 0.2) is 0 Å². The molecule has 0 aliphatic carbocycles. The van der Waals surface area contributed by atoms with E-state index in [9.17, 15) is 9.59 Å². The standard InChI is InChI=1S/C12H15NO4.ClH/c1-16-12(15)10(13)7-11(14)17-8-9-5-3-2-4-6-9;/h2-6,10H,7-8,13H2,1H3;1H/t10-;/m1./s1. The SMILES string of the molecule is COC(=O)[C@H](N)CC(=O)OCc1ccccc1.Cl. The molecular weight excluding hydrogens is 258 g/mol. The summed E-state index contributed by atoms with van der Waals surface area (Å²) in [6.45, 7) is 0.174. The maximum atomic E-state index is 11.3. The Balaban J connectivity index is 0.00000289. The first-order valence-electron chi connectivity index (χ1n) is 5.16. The fraction of sp³-hybridized carbons (Fsp3) is 0.333. The lowest BCUT2D eigenvalue weighted by atomic mass is 10.2. The molecule has 1 aromatic rings. The summed E-state index contributed by atoms with van der Waals surface area (Å²) >= 11 is 0. The molecule has 5 nitrogen and oxygen atoms in total. The van der Waals surface area contributed by atoms with Crippen molar-refractivity contribution in [2.75, 3.05) is 7.11 Å². The number of nitrogens with two attached hydrogens (primary N) is 1. The van der Waals surface area contributed by atoms with Crippen molar-refractivity contribution in [1.29, 1.82) is 0 Å². The van der Waals surface area contributed by atoms with Gasteiger partial charge in [-0.15, -0.1) is 12.4 Å². The minimum atomic E-state index is -0.969. The molecule has 0 aliphatic heterocycles. The van der Waals surface area contributed by atoms with E-state index in [4.69, 9.17) is 10.5 Å². The quantitative estimate of drug-likeness (QED) is 0.811. The van der Waals surface area contributed by atoms with Crippen LogP contribution in [0, 0.1) is 0 Å². The first-order chi connectivity index (χ1) is 8.13. The number of ether oxygens (including phenoxy) is 2. The summed E-state index contributed by atoms with van der Waals surface area (Å²) in [6.07, 6.45) is -0.181. The van der Waals surface area contributed by atoms with Gasteiger partial charge in [-0.25, -0.2) is 0 Å². The van der Waals surface area contributed by atoms with Crippen molar-refractivity contribution in [3.63, 3.8) is 0 Å². The van der Waals surface area contributed by atoms with Crippen molar-refractivity contribution in [2.45, 2.75) is 19.1 Å². The molecule has 0 fully saturated rings. The van der Waals surface area contributed by atoms with Gasteiger partial charge in [-0.1, -0.05) is 30.3 Å². The molecular formula is C12H16ClNO4. The molecule has 0 aliphatic rings. The zero-order valence-electron chi connectivity index (χ0n) is 10.00. The van der Waals surface area contributed by atoms with Crippen LogP contribution < -0.4 is 5.73 Å². The Morgan fingerprint density at radius 3 is 2.44 bits per heavy atom. The summed E-state index contributed by atoms with van der Waals surface area (Å²) in [7, 11) is 1.22.